The zero-order valence-electron chi connectivity index (χ0n) is 14.6. The van der Waals surface area contributed by atoms with E-state index in [0.717, 1.165) is 18.2 Å². The molecule has 0 saturated heterocycles. The number of carbonyl (C=O) groups is 3. The minimum Gasteiger partial charge on any atom is -0.482 e. The molecular formula is C19H17F2NO5. The third-order valence-electron chi connectivity index (χ3n) is 3.49. The molecule has 0 saturated carbocycles. The number of rotatable bonds is 7. The Morgan fingerprint density at radius 2 is 1.70 bits per heavy atom. The molecular weight excluding hydrogens is 360 g/mol. The van der Waals surface area contributed by atoms with Gasteiger partial charge in [0.05, 0.1) is 0 Å². The van der Waals surface area contributed by atoms with E-state index < -0.39 is 41.9 Å². The number of halogens is 2. The number of amides is 1. The van der Waals surface area contributed by atoms with Gasteiger partial charge in [-0.05, 0) is 38.1 Å². The summed E-state index contributed by atoms with van der Waals surface area (Å²) in [4.78, 5) is 35.0. The first kappa shape index (κ1) is 20.0. The highest BCUT2D eigenvalue weighted by Gasteiger charge is 2.21. The van der Waals surface area contributed by atoms with E-state index in [1.807, 2.05) is 5.32 Å². The van der Waals surface area contributed by atoms with Crippen molar-refractivity contribution in [1.29, 1.82) is 0 Å². The van der Waals surface area contributed by atoms with Crippen molar-refractivity contribution in [2.24, 2.45) is 0 Å². The maximum Gasteiger partial charge on any atom is 0.344 e. The van der Waals surface area contributed by atoms with Crippen LogP contribution in [0.15, 0.2) is 42.5 Å². The first-order valence-electron chi connectivity index (χ1n) is 7.96. The van der Waals surface area contributed by atoms with Crippen LogP contribution in [0.2, 0.25) is 0 Å². The van der Waals surface area contributed by atoms with Gasteiger partial charge in [0.2, 0.25) is 0 Å². The Kier molecular flexibility index (Phi) is 6.59. The predicted octanol–water partition coefficient (Wildman–Crippen LogP) is 3.12. The third kappa shape index (κ3) is 5.60. The Labute approximate surface area is 154 Å². The molecule has 2 rings (SSSR count). The summed E-state index contributed by atoms with van der Waals surface area (Å²) in [5, 5.41) is 2.03. The van der Waals surface area contributed by atoms with Crippen LogP contribution in [-0.4, -0.2) is 30.4 Å². The topological polar surface area (TPSA) is 81.7 Å². The van der Waals surface area contributed by atoms with Gasteiger partial charge in [0.1, 0.15) is 23.1 Å². The van der Waals surface area contributed by atoms with Crippen molar-refractivity contribution in [3.05, 3.63) is 59.7 Å². The molecule has 0 radical (unpaired) electrons. The highest BCUT2D eigenvalue weighted by Crippen LogP contribution is 2.18. The maximum absolute atomic E-state index is 13.5. The first-order valence-corrected chi connectivity index (χ1v) is 7.96. The molecule has 2 aromatic rings. The summed E-state index contributed by atoms with van der Waals surface area (Å²) >= 11 is 0. The predicted molar refractivity (Wildman–Crippen MR) is 92.5 cm³/mol. The molecule has 8 heteroatoms. The highest BCUT2D eigenvalue weighted by molar-refractivity contribution is 5.95. The molecule has 0 aliphatic carbocycles. The van der Waals surface area contributed by atoms with Crippen LogP contribution in [0, 0.1) is 11.6 Å². The SMILES string of the molecule is CC(=O)c1cccc(OCC(=O)O[C@@H](C)C(=O)Nc2c(F)cccc2F)c1. The minimum atomic E-state index is -1.30. The molecule has 0 spiro atoms. The Morgan fingerprint density at radius 3 is 2.33 bits per heavy atom. The molecule has 0 aromatic heterocycles. The summed E-state index contributed by atoms with van der Waals surface area (Å²) in [6, 6.07) is 9.33. The Balaban J connectivity index is 1.88. The lowest BCUT2D eigenvalue weighted by Crippen LogP contribution is -2.32. The molecule has 0 aliphatic rings. The quantitative estimate of drug-likeness (QED) is 0.592. The second-order valence-electron chi connectivity index (χ2n) is 5.59. The number of hydrogen-bond acceptors (Lipinski definition) is 5. The molecule has 0 aliphatic heterocycles. The number of Topliss-reactive ketones (excluding diaryl/α,β-unsaturated/α-hetero) is 1. The molecule has 142 valence electrons. The summed E-state index contributed by atoms with van der Waals surface area (Å²) in [5.41, 5.74) is -0.205. The van der Waals surface area contributed by atoms with E-state index in [1.165, 1.54) is 19.9 Å². The highest BCUT2D eigenvalue weighted by atomic mass is 19.1. The number of ketones is 1. The third-order valence-corrected chi connectivity index (χ3v) is 3.49. The average Bonchev–Trinajstić information content (AvgIpc) is 2.63. The number of para-hydroxylation sites is 1. The molecule has 1 atom stereocenters. The van der Waals surface area contributed by atoms with Crippen LogP contribution < -0.4 is 10.1 Å². The zero-order valence-corrected chi connectivity index (χ0v) is 14.6. The summed E-state index contributed by atoms with van der Waals surface area (Å²) < 4.78 is 37.1. The van der Waals surface area contributed by atoms with Crippen LogP contribution in [0.1, 0.15) is 24.2 Å². The summed E-state index contributed by atoms with van der Waals surface area (Å²) in [6.45, 7) is 2.14. The Morgan fingerprint density at radius 1 is 1.07 bits per heavy atom. The smallest absolute Gasteiger partial charge is 0.344 e. The molecule has 27 heavy (non-hydrogen) atoms. The van der Waals surface area contributed by atoms with E-state index in [2.05, 4.69) is 0 Å². The number of hydrogen-bond donors (Lipinski definition) is 1. The van der Waals surface area contributed by atoms with Crippen molar-refractivity contribution in [3.8, 4) is 5.75 Å². The molecule has 0 bridgehead atoms. The number of nitrogens with one attached hydrogen (secondary N) is 1. The summed E-state index contributed by atoms with van der Waals surface area (Å²) in [5.74, 6) is -3.53. The van der Waals surface area contributed by atoms with Crippen LogP contribution in [0.3, 0.4) is 0 Å². The van der Waals surface area contributed by atoms with E-state index >= 15 is 0 Å². The molecule has 1 N–H and O–H groups in total. The second-order valence-corrected chi connectivity index (χ2v) is 5.59. The molecule has 6 nitrogen and oxygen atoms in total. The van der Waals surface area contributed by atoms with Crippen molar-refractivity contribution in [2.75, 3.05) is 11.9 Å². The van der Waals surface area contributed by atoms with Gasteiger partial charge in [-0.3, -0.25) is 9.59 Å². The maximum atomic E-state index is 13.5. The fraction of sp³-hybridized carbons (Fsp3) is 0.211. The largest absolute Gasteiger partial charge is 0.482 e. The van der Waals surface area contributed by atoms with E-state index in [4.69, 9.17) is 9.47 Å². The number of carbonyl (C=O) groups excluding carboxylic acids is 3. The number of esters is 1. The lowest BCUT2D eigenvalue weighted by atomic mass is 10.1. The van der Waals surface area contributed by atoms with Crippen molar-refractivity contribution < 1.29 is 32.6 Å². The lowest BCUT2D eigenvalue weighted by Gasteiger charge is -2.14. The van der Waals surface area contributed by atoms with Crippen molar-refractivity contribution in [3.63, 3.8) is 0 Å². The van der Waals surface area contributed by atoms with Crippen LogP contribution in [-0.2, 0) is 14.3 Å². The van der Waals surface area contributed by atoms with Gasteiger partial charge >= 0.3 is 5.97 Å². The van der Waals surface area contributed by atoms with Gasteiger partial charge in [-0.1, -0.05) is 18.2 Å². The number of benzene rings is 2. The van der Waals surface area contributed by atoms with Crippen LogP contribution >= 0.6 is 0 Å². The zero-order chi connectivity index (χ0) is 20.0. The molecule has 0 unspecified atom stereocenters. The first-order chi connectivity index (χ1) is 12.8. The number of anilines is 1. The second kappa shape index (κ2) is 8.88. The van der Waals surface area contributed by atoms with Gasteiger partial charge in [-0.25, -0.2) is 13.6 Å². The fourth-order valence-corrected chi connectivity index (χ4v) is 2.07. The van der Waals surface area contributed by atoms with Crippen molar-refractivity contribution in [1.82, 2.24) is 0 Å². The van der Waals surface area contributed by atoms with Crippen LogP contribution in [0.25, 0.3) is 0 Å². The van der Waals surface area contributed by atoms with Crippen LogP contribution in [0.5, 0.6) is 5.75 Å². The Hall–Kier alpha value is -3.29. The van der Waals surface area contributed by atoms with Gasteiger partial charge < -0.3 is 14.8 Å². The van der Waals surface area contributed by atoms with E-state index in [-0.39, 0.29) is 11.5 Å². The van der Waals surface area contributed by atoms with Gasteiger partial charge in [0.15, 0.2) is 18.5 Å². The molecule has 0 fully saturated rings. The Bertz CT molecular complexity index is 849. The van der Waals surface area contributed by atoms with Gasteiger partial charge in [0.25, 0.3) is 5.91 Å². The van der Waals surface area contributed by atoms with Crippen molar-refractivity contribution in [2.45, 2.75) is 20.0 Å². The fourth-order valence-electron chi connectivity index (χ4n) is 2.07. The molecule has 2 aromatic carbocycles. The average molecular weight is 377 g/mol. The summed E-state index contributed by atoms with van der Waals surface area (Å²) in [7, 11) is 0. The number of ether oxygens (including phenoxy) is 2. The van der Waals surface area contributed by atoms with Crippen LogP contribution in [0.4, 0.5) is 14.5 Å². The minimum absolute atomic E-state index is 0.159. The van der Waals surface area contributed by atoms with E-state index in [1.54, 1.807) is 18.2 Å². The van der Waals surface area contributed by atoms with Gasteiger partial charge in [-0.2, -0.15) is 0 Å². The molecule has 1 amide bonds. The van der Waals surface area contributed by atoms with Crippen molar-refractivity contribution >= 4 is 23.3 Å². The molecule has 0 heterocycles. The monoisotopic (exact) mass is 377 g/mol. The van der Waals surface area contributed by atoms with Gasteiger partial charge in [0, 0.05) is 5.56 Å². The summed E-state index contributed by atoms with van der Waals surface area (Å²) in [6.07, 6.45) is -1.30. The van der Waals surface area contributed by atoms with Gasteiger partial charge in [-0.15, -0.1) is 0 Å². The lowest BCUT2D eigenvalue weighted by molar-refractivity contribution is -0.155. The van der Waals surface area contributed by atoms with E-state index in [9.17, 15) is 23.2 Å². The standard InChI is InChI=1S/C19H17F2NO5/c1-11(23)13-5-3-6-14(9-13)26-10-17(24)27-12(2)19(25)22-18-15(20)7-4-8-16(18)21/h3-9,12H,10H2,1-2H3,(H,22,25)/t12-/m0/s1. The van der Waals surface area contributed by atoms with E-state index in [0.29, 0.717) is 5.56 Å². The normalized spacial score (nSPS) is 11.4.